The molecule has 11 rings (SSSR count). The molecule has 11 aromatic rings. The first kappa shape index (κ1) is 33.8. The summed E-state index contributed by atoms with van der Waals surface area (Å²) in [5.74, 6) is 0.235. The van der Waals surface area contributed by atoms with Crippen molar-refractivity contribution in [2.24, 2.45) is 0 Å². The molecule has 3 heterocycles. The molecular weight excluding hydrogens is 758 g/mol. The van der Waals surface area contributed by atoms with E-state index in [9.17, 15) is 0 Å². The van der Waals surface area contributed by atoms with Crippen LogP contribution in [0.25, 0.3) is 60.5 Å². The van der Waals surface area contributed by atoms with E-state index in [-0.39, 0.29) is 5.92 Å². The number of halogens is 1. The van der Waals surface area contributed by atoms with Gasteiger partial charge in [-0.15, -0.1) is 34.0 Å². The Labute approximate surface area is 342 Å². The molecule has 0 N–H and O–H groups in total. The Hall–Kier alpha value is -5.49. The summed E-state index contributed by atoms with van der Waals surface area (Å²) in [4.78, 5) is 2.40. The Balaban J connectivity index is 0.943. The van der Waals surface area contributed by atoms with Gasteiger partial charge in [-0.3, -0.25) is 0 Å². The van der Waals surface area contributed by atoms with Gasteiger partial charge < -0.3 is 4.90 Å². The zero-order valence-electron chi connectivity index (χ0n) is 30.3. The van der Waals surface area contributed by atoms with Crippen LogP contribution in [-0.2, 0) is 6.42 Å². The molecule has 0 spiro atoms. The summed E-state index contributed by atoms with van der Waals surface area (Å²) in [5, 5.41) is 8.48. The number of rotatable bonds is 8. The summed E-state index contributed by atoms with van der Waals surface area (Å²) in [6.07, 6.45) is 1.96. The lowest BCUT2D eigenvalue weighted by Gasteiger charge is -2.25. The SMILES string of the molecule is Clc1cc(C(CCc2ccc3c(c2)sc2ccc(N(c4ccccc4)c4ccc5sc6ccccc6c5c4)cc23)c2ccccc2)cc2sc3ccccc3c12. The lowest BCUT2D eigenvalue weighted by Crippen LogP contribution is -2.09. The van der Waals surface area contributed by atoms with E-state index in [1.54, 1.807) is 0 Å². The van der Waals surface area contributed by atoms with Gasteiger partial charge in [-0.05, 0) is 108 Å². The highest BCUT2D eigenvalue weighted by atomic mass is 35.5. The lowest BCUT2D eigenvalue weighted by atomic mass is 9.86. The average molecular weight is 792 g/mol. The number of aryl methyl sites for hydroxylation is 1. The predicted octanol–water partition coefficient (Wildman–Crippen LogP) is 16.7. The summed E-state index contributed by atoms with van der Waals surface area (Å²) in [7, 11) is 0. The number of nitrogens with zero attached hydrogens (tertiary/aromatic N) is 1. The minimum Gasteiger partial charge on any atom is -0.310 e. The van der Waals surface area contributed by atoms with Crippen molar-refractivity contribution in [2.75, 3.05) is 4.90 Å². The van der Waals surface area contributed by atoms with Crippen molar-refractivity contribution in [3.05, 3.63) is 198 Å². The third kappa shape index (κ3) is 5.88. The minimum atomic E-state index is 0.235. The van der Waals surface area contributed by atoms with E-state index >= 15 is 0 Å². The smallest absolute Gasteiger partial charge is 0.0502 e. The highest BCUT2D eigenvalue weighted by Gasteiger charge is 2.20. The van der Waals surface area contributed by atoms with Crippen molar-refractivity contribution in [1.29, 1.82) is 0 Å². The van der Waals surface area contributed by atoms with Crippen LogP contribution in [0.5, 0.6) is 0 Å². The van der Waals surface area contributed by atoms with Crippen LogP contribution < -0.4 is 4.90 Å². The molecule has 268 valence electrons. The first-order valence-corrected chi connectivity index (χ1v) is 21.8. The normalized spacial score (nSPS) is 12.4. The summed E-state index contributed by atoms with van der Waals surface area (Å²) < 4.78 is 7.81. The third-order valence-corrected chi connectivity index (χ3v) is 14.9. The van der Waals surface area contributed by atoms with Crippen LogP contribution in [0.2, 0.25) is 5.02 Å². The summed E-state index contributed by atoms with van der Waals surface area (Å²) >= 11 is 12.7. The fourth-order valence-electron chi connectivity index (χ4n) is 8.53. The van der Waals surface area contributed by atoms with Crippen LogP contribution >= 0.6 is 45.6 Å². The van der Waals surface area contributed by atoms with E-state index in [0.29, 0.717) is 0 Å². The lowest BCUT2D eigenvalue weighted by molar-refractivity contribution is 0.716. The average Bonchev–Trinajstić information content (AvgIpc) is 3.93. The number of thiophene rings is 3. The Morgan fingerprint density at radius 3 is 1.71 bits per heavy atom. The number of anilines is 3. The Morgan fingerprint density at radius 2 is 0.982 bits per heavy atom. The third-order valence-electron chi connectivity index (χ3n) is 11.2. The van der Waals surface area contributed by atoms with Crippen molar-refractivity contribution >= 4 is 123 Å². The predicted molar refractivity (Wildman–Crippen MR) is 248 cm³/mol. The maximum atomic E-state index is 7.08. The van der Waals surface area contributed by atoms with Gasteiger partial charge in [-0.2, -0.15) is 0 Å². The zero-order chi connectivity index (χ0) is 37.2. The molecule has 8 aromatic carbocycles. The molecule has 1 nitrogen and oxygen atoms in total. The number of para-hydroxylation sites is 1. The molecule has 56 heavy (non-hydrogen) atoms. The number of fused-ring (bicyclic) bond motifs is 9. The highest BCUT2D eigenvalue weighted by Crippen LogP contribution is 2.45. The van der Waals surface area contributed by atoms with E-state index in [2.05, 4.69) is 181 Å². The molecule has 0 bridgehead atoms. The molecular formula is C51H34ClNS3. The van der Waals surface area contributed by atoms with Gasteiger partial charge in [0, 0.05) is 83.5 Å². The molecule has 0 radical (unpaired) electrons. The molecule has 0 fully saturated rings. The summed E-state index contributed by atoms with van der Waals surface area (Å²) in [6.45, 7) is 0. The van der Waals surface area contributed by atoms with Crippen LogP contribution in [-0.4, -0.2) is 0 Å². The second-order valence-electron chi connectivity index (χ2n) is 14.5. The van der Waals surface area contributed by atoms with Crippen molar-refractivity contribution in [1.82, 2.24) is 0 Å². The van der Waals surface area contributed by atoms with Gasteiger partial charge in [0.25, 0.3) is 0 Å². The molecule has 3 aromatic heterocycles. The molecule has 1 unspecified atom stereocenters. The van der Waals surface area contributed by atoms with Crippen molar-refractivity contribution in [2.45, 2.75) is 18.8 Å². The van der Waals surface area contributed by atoms with Gasteiger partial charge in [0.2, 0.25) is 0 Å². The molecule has 0 aliphatic heterocycles. The highest BCUT2D eigenvalue weighted by molar-refractivity contribution is 7.26. The molecule has 5 heteroatoms. The van der Waals surface area contributed by atoms with Gasteiger partial charge in [0.15, 0.2) is 0 Å². The van der Waals surface area contributed by atoms with E-state index < -0.39 is 0 Å². The topological polar surface area (TPSA) is 3.24 Å². The zero-order valence-corrected chi connectivity index (χ0v) is 33.5. The second-order valence-corrected chi connectivity index (χ2v) is 18.2. The first-order chi connectivity index (χ1) is 27.6. The molecule has 0 saturated heterocycles. The molecule has 0 saturated carbocycles. The number of benzene rings is 8. The Bertz CT molecular complexity index is 3230. The Morgan fingerprint density at radius 1 is 0.411 bits per heavy atom. The van der Waals surface area contributed by atoms with E-state index in [1.165, 1.54) is 77.2 Å². The fraction of sp³-hybridized carbons (Fsp3) is 0.0588. The van der Waals surface area contributed by atoms with Crippen molar-refractivity contribution in [3.8, 4) is 0 Å². The van der Waals surface area contributed by atoms with Crippen LogP contribution in [0, 0.1) is 0 Å². The summed E-state index contributed by atoms with van der Waals surface area (Å²) in [5.41, 5.74) is 7.44. The van der Waals surface area contributed by atoms with Crippen LogP contribution in [0.3, 0.4) is 0 Å². The van der Waals surface area contributed by atoms with Crippen LogP contribution in [0.15, 0.2) is 176 Å². The largest absolute Gasteiger partial charge is 0.310 e. The monoisotopic (exact) mass is 791 g/mol. The van der Waals surface area contributed by atoms with E-state index in [0.717, 1.165) is 34.9 Å². The molecule has 0 amide bonds. The van der Waals surface area contributed by atoms with Gasteiger partial charge >= 0.3 is 0 Å². The van der Waals surface area contributed by atoms with E-state index in [4.69, 9.17) is 11.6 Å². The molecule has 0 aliphatic rings. The van der Waals surface area contributed by atoms with Gasteiger partial charge in [0.05, 0.1) is 5.02 Å². The summed E-state index contributed by atoms with van der Waals surface area (Å²) in [6, 6.07) is 64.6. The molecule has 0 aliphatic carbocycles. The van der Waals surface area contributed by atoms with Gasteiger partial charge in [0.1, 0.15) is 0 Å². The second kappa shape index (κ2) is 13.9. The first-order valence-electron chi connectivity index (χ1n) is 19.0. The Kier molecular flexibility index (Phi) is 8.40. The van der Waals surface area contributed by atoms with E-state index in [1.807, 2.05) is 34.0 Å². The van der Waals surface area contributed by atoms with Crippen molar-refractivity contribution in [3.63, 3.8) is 0 Å². The number of hydrogen-bond donors (Lipinski definition) is 0. The van der Waals surface area contributed by atoms with Gasteiger partial charge in [-0.25, -0.2) is 0 Å². The fourth-order valence-corrected chi connectivity index (χ4v) is 12.3. The van der Waals surface area contributed by atoms with Gasteiger partial charge in [-0.1, -0.05) is 109 Å². The van der Waals surface area contributed by atoms with Crippen LogP contribution in [0.4, 0.5) is 17.1 Å². The maximum absolute atomic E-state index is 7.08. The quantitative estimate of drug-likeness (QED) is 0.148. The number of hydrogen-bond acceptors (Lipinski definition) is 4. The van der Waals surface area contributed by atoms with Crippen molar-refractivity contribution < 1.29 is 0 Å². The standard InChI is InChI=1S/C51H34ClNS3/c52-44-28-34(29-50-51(44)41-16-8-10-18-46(41)56-50)38(33-11-3-1-4-12-33)23-19-32-20-24-40-43-31-37(22-26-48(43)55-49(40)27-32)53(35-13-5-2-6-14-35)36-21-25-47-42(30-36)39-15-7-9-17-45(39)54-47/h1-18,20-22,24-31,38H,19,23H2. The van der Waals surface area contributed by atoms with Crippen LogP contribution in [0.1, 0.15) is 29.0 Å². The molecule has 1 atom stereocenters. The maximum Gasteiger partial charge on any atom is 0.0502 e. The minimum absolute atomic E-state index is 0.235.